The summed E-state index contributed by atoms with van der Waals surface area (Å²) in [5, 5.41) is 11.3. The molecule has 0 radical (unpaired) electrons. The normalized spacial score (nSPS) is 12.0. The quantitative estimate of drug-likeness (QED) is 0.300. The molecule has 0 bridgehead atoms. The highest BCUT2D eigenvalue weighted by molar-refractivity contribution is 6.49. The van der Waals surface area contributed by atoms with E-state index in [2.05, 4.69) is 0 Å². The molecule has 1 atom stereocenters. The topological polar surface area (TPSA) is 60.2 Å². The van der Waals surface area contributed by atoms with Crippen LogP contribution in [0.15, 0.2) is 42.5 Å². The van der Waals surface area contributed by atoms with Crippen LogP contribution in [0.4, 0.5) is 0 Å². The molecule has 23 heavy (non-hydrogen) atoms. The van der Waals surface area contributed by atoms with Crippen LogP contribution in [0.2, 0.25) is 15.1 Å². The highest BCUT2D eigenvalue weighted by atomic mass is 35.5. The first-order valence-corrected chi connectivity index (χ1v) is 7.87. The fourth-order valence-corrected chi connectivity index (χ4v) is 2.91. The molecule has 0 aliphatic heterocycles. The van der Waals surface area contributed by atoms with E-state index in [9.17, 15) is 14.9 Å². The zero-order valence-corrected chi connectivity index (χ0v) is 14.1. The summed E-state index contributed by atoms with van der Waals surface area (Å²) in [6, 6.07) is 11.8. The van der Waals surface area contributed by atoms with E-state index in [1.807, 2.05) is 6.07 Å². The predicted octanol–water partition coefficient (Wildman–Crippen LogP) is 5.28. The number of nitro groups is 1. The molecule has 0 unspecified atom stereocenters. The summed E-state index contributed by atoms with van der Waals surface area (Å²) in [5.41, 5.74) is 0.944. The van der Waals surface area contributed by atoms with E-state index < -0.39 is 10.8 Å². The highest BCUT2D eigenvalue weighted by Crippen LogP contribution is 2.34. The largest absolute Gasteiger partial charge is 0.294 e. The molecule has 120 valence electrons. The first-order valence-electron chi connectivity index (χ1n) is 6.73. The summed E-state index contributed by atoms with van der Waals surface area (Å²) in [6.07, 6.45) is -0.0390. The average Bonchev–Trinajstić information content (AvgIpc) is 2.52. The number of hydrogen-bond donors (Lipinski definition) is 0. The minimum Gasteiger partial charge on any atom is -0.294 e. The SMILES string of the molecule is O=C(C[C@H](C[N+](=O)[O-])c1ccccc1)c1ccc(Cl)c(Cl)c1Cl. The van der Waals surface area contributed by atoms with Crippen molar-refractivity contribution in [2.75, 3.05) is 6.54 Å². The molecule has 0 spiro atoms. The van der Waals surface area contributed by atoms with Crippen LogP contribution in [0.1, 0.15) is 28.3 Å². The summed E-state index contributed by atoms with van der Waals surface area (Å²) < 4.78 is 0. The van der Waals surface area contributed by atoms with Crippen LogP contribution in [0.5, 0.6) is 0 Å². The summed E-state index contributed by atoms with van der Waals surface area (Å²) >= 11 is 17.8. The molecule has 2 aromatic carbocycles. The molecule has 0 saturated heterocycles. The van der Waals surface area contributed by atoms with E-state index in [-0.39, 0.29) is 39.4 Å². The molecular formula is C16H12Cl3NO3. The molecule has 2 rings (SSSR count). The maximum absolute atomic E-state index is 12.5. The van der Waals surface area contributed by atoms with Crippen molar-refractivity contribution in [1.29, 1.82) is 0 Å². The summed E-state index contributed by atoms with van der Waals surface area (Å²) in [7, 11) is 0. The van der Waals surface area contributed by atoms with Crippen molar-refractivity contribution < 1.29 is 9.72 Å². The van der Waals surface area contributed by atoms with Gasteiger partial charge in [0.25, 0.3) is 0 Å². The lowest BCUT2D eigenvalue weighted by Gasteiger charge is -2.13. The zero-order valence-electron chi connectivity index (χ0n) is 11.8. The second-order valence-corrected chi connectivity index (χ2v) is 6.14. The maximum Gasteiger partial charge on any atom is 0.211 e. The highest BCUT2D eigenvalue weighted by Gasteiger charge is 2.24. The third kappa shape index (κ3) is 4.44. The molecular weight excluding hydrogens is 361 g/mol. The van der Waals surface area contributed by atoms with Crippen molar-refractivity contribution in [3.05, 3.63) is 78.8 Å². The number of hydrogen-bond acceptors (Lipinski definition) is 3. The Morgan fingerprint density at radius 3 is 2.30 bits per heavy atom. The number of carbonyl (C=O) groups is 1. The second kappa shape index (κ2) is 7.77. The number of carbonyl (C=O) groups excluding carboxylic acids is 1. The minimum atomic E-state index is -0.538. The van der Waals surface area contributed by atoms with E-state index in [0.717, 1.165) is 5.56 Å². The van der Waals surface area contributed by atoms with E-state index in [0.29, 0.717) is 0 Å². The molecule has 4 nitrogen and oxygen atoms in total. The van der Waals surface area contributed by atoms with Gasteiger partial charge in [0.15, 0.2) is 5.78 Å². The van der Waals surface area contributed by atoms with Gasteiger partial charge in [-0.15, -0.1) is 0 Å². The third-order valence-corrected chi connectivity index (χ3v) is 4.70. The fraction of sp³-hybridized carbons (Fsp3) is 0.188. The molecule has 0 heterocycles. The standard InChI is InChI=1S/C16H12Cl3NO3/c17-13-7-6-12(15(18)16(13)19)14(21)8-11(9-20(22)23)10-4-2-1-3-5-10/h1-7,11H,8-9H2/t11-/m1/s1. The van der Waals surface area contributed by atoms with Crippen molar-refractivity contribution in [3.8, 4) is 0 Å². The molecule has 0 amide bonds. The molecule has 0 aliphatic carbocycles. The van der Waals surface area contributed by atoms with Crippen molar-refractivity contribution >= 4 is 40.6 Å². The van der Waals surface area contributed by atoms with Gasteiger partial charge in [-0.3, -0.25) is 14.9 Å². The lowest BCUT2D eigenvalue weighted by atomic mass is 9.91. The molecule has 7 heteroatoms. The van der Waals surface area contributed by atoms with E-state index >= 15 is 0 Å². The van der Waals surface area contributed by atoms with Gasteiger partial charge in [0.2, 0.25) is 6.54 Å². The maximum atomic E-state index is 12.5. The van der Waals surface area contributed by atoms with Gasteiger partial charge in [-0.2, -0.15) is 0 Å². The van der Waals surface area contributed by atoms with Crippen molar-refractivity contribution in [1.82, 2.24) is 0 Å². The Balaban J connectivity index is 2.28. The Morgan fingerprint density at radius 1 is 1.04 bits per heavy atom. The number of Topliss-reactive ketones (excluding diaryl/α,β-unsaturated/α-hetero) is 1. The van der Waals surface area contributed by atoms with Crippen LogP contribution in [0, 0.1) is 10.1 Å². The first kappa shape index (κ1) is 17.7. The lowest BCUT2D eigenvalue weighted by molar-refractivity contribution is -0.483. The van der Waals surface area contributed by atoms with Crippen LogP contribution in [0.3, 0.4) is 0 Å². The molecule has 0 aromatic heterocycles. The van der Waals surface area contributed by atoms with Gasteiger partial charge in [0.1, 0.15) is 0 Å². The average molecular weight is 373 g/mol. The van der Waals surface area contributed by atoms with E-state index in [1.54, 1.807) is 24.3 Å². The minimum absolute atomic E-state index is 0.0390. The van der Waals surface area contributed by atoms with Gasteiger partial charge in [-0.05, 0) is 17.7 Å². The molecule has 0 saturated carbocycles. The molecule has 0 fully saturated rings. The van der Waals surface area contributed by atoms with Gasteiger partial charge in [-0.25, -0.2) is 0 Å². The molecule has 0 N–H and O–H groups in total. The van der Waals surface area contributed by atoms with E-state index in [1.165, 1.54) is 12.1 Å². The number of ketones is 1. The number of benzene rings is 2. The third-order valence-electron chi connectivity index (χ3n) is 3.41. The van der Waals surface area contributed by atoms with Crippen molar-refractivity contribution in [3.63, 3.8) is 0 Å². The summed E-state index contributed by atoms with van der Waals surface area (Å²) in [4.78, 5) is 23.0. The van der Waals surface area contributed by atoms with Gasteiger partial charge in [0, 0.05) is 16.9 Å². The van der Waals surface area contributed by atoms with E-state index in [4.69, 9.17) is 34.8 Å². The van der Waals surface area contributed by atoms with Crippen LogP contribution in [-0.4, -0.2) is 17.3 Å². The Hall–Kier alpha value is -1.62. The van der Waals surface area contributed by atoms with Crippen LogP contribution in [-0.2, 0) is 0 Å². The van der Waals surface area contributed by atoms with Crippen LogP contribution < -0.4 is 0 Å². The molecule has 2 aromatic rings. The molecule has 0 aliphatic rings. The summed E-state index contributed by atoms with van der Waals surface area (Å²) in [5.74, 6) is -0.853. The summed E-state index contributed by atoms with van der Waals surface area (Å²) in [6.45, 7) is -0.339. The Bertz CT molecular complexity index is 735. The fourth-order valence-electron chi connectivity index (χ4n) is 2.27. The lowest BCUT2D eigenvalue weighted by Crippen LogP contribution is -2.17. The Labute approximate surface area is 148 Å². The van der Waals surface area contributed by atoms with Gasteiger partial charge < -0.3 is 0 Å². The van der Waals surface area contributed by atoms with Gasteiger partial charge in [-0.1, -0.05) is 65.1 Å². The second-order valence-electron chi connectivity index (χ2n) is 4.97. The van der Waals surface area contributed by atoms with Gasteiger partial charge >= 0.3 is 0 Å². The van der Waals surface area contributed by atoms with Gasteiger partial charge in [0.05, 0.1) is 21.0 Å². The van der Waals surface area contributed by atoms with Crippen LogP contribution >= 0.6 is 34.8 Å². The monoisotopic (exact) mass is 371 g/mol. The smallest absolute Gasteiger partial charge is 0.211 e. The number of rotatable bonds is 6. The van der Waals surface area contributed by atoms with Crippen LogP contribution in [0.25, 0.3) is 0 Å². The Kier molecular flexibility index (Phi) is 5.99. The van der Waals surface area contributed by atoms with Crippen molar-refractivity contribution in [2.45, 2.75) is 12.3 Å². The predicted molar refractivity (Wildman–Crippen MR) is 91.5 cm³/mol. The first-order chi connectivity index (χ1) is 10.9. The Morgan fingerprint density at radius 2 is 1.70 bits per heavy atom. The number of halogens is 3. The number of nitrogens with zero attached hydrogens (tertiary/aromatic N) is 1. The zero-order chi connectivity index (χ0) is 17.0. The van der Waals surface area contributed by atoms with Crippen molar-refractivity contribution in [2.24, 2.45) is 0 Å².